The topological polar surface area (TPSA) is 73.6 Å². The summed E-state index contributed by atoms with van der Waals surface area (Å²) in [5.74, 6) is 0.758. The van der Waals surface area contributed by atoms with Crippen LogP contribution >= 0.6 is 12.4 Å². The fourth-order valence-electron chi connectivity index (χ4n) is 1.75. The van der Waals surface area contributed by atoms with Crippen LogP contribution in [0.2, 0.25) is 0 Å². The van der Waals surface area contributed by atoms with E-state index in [2.05, 4.69) is 5.32 Å². The molecule has 1 amide bonds. The number of rotatable bonds is 8. The Kier molecular flexibility index (Phi) is 9.78. The van der Waals surface area contributed by atoms with E-state index in [1.165, 1.54) is 0 Å². The first-order valence-electron chi connectivity index (χ1n) is 6.78. The van der Waals surface area contributed by atoms with E-state index in [9.17, 15) is 4.79 Å². The van der Waals surface area contributed by atoms with E-state index in [1.54, 1.807) is 7.11 Å². The van der Waals surface area contributed by atoms with Crippen molar-refractivity contribution in [1.82, 2.24) is 5.32 Å². The van der Waals surface area contributed by atoms with Crippen LogP contribution in [0, 0.1) is 6.92 Å². The molecule has 0 saturated heterocycles. The van der Waals surface area contributed by atoms with Gasteiger partial charge in [-0.05, 0) is 25.5 Å². The van der Waals surface area contributed by atoms with Crippen LogP contribution in [0.4, 0.5) is 0 Å². The number of benzene rings is 1. The average Bonchev–Trinajstić information content (AvgIpc) is 2.45. The maximum absolute atomic E-state index is 11.7. The lowest BCUT2D eigenvalue weighted by Gasteiger charge is -2.18. The van der Waals surface area contributed by atoms with E-state index >= 15 is 0 Å². The zero-order valence-electron chi connectivity index (χ0n) is 12.8. The molecule has 3 N–H and O–H groups in total. The number of para-hydroxylation sites is 1. The van der Waals surface area contributed by atoms with Gasteiger partial charge in [0.2, 0.25) is 5.91 Å². The number of aryl methyl sites for hydroxylation is 1. The Morgan fingerprint density at radius 3 is 2.62 bits per heavy atom. The Bertz CT molecular complexity index is 425. The average molecular weight is 317 g/mol. The maximum Gasteiger partial charge on any atom is 0.222 e. The second kappa shape index (κ2) is 10.4. The standard InChI is InChI=1S/C15H24N2O3.ClH/c1-11-6-4-5-7-14(11)20-12(2)10-17-15(18)8-13(9-16)19-3;/h4-7,12-13H,8-10,16H2,1-3H3,(H,17,18);1H. The van der Waals surface area contributed by atoms with E-state index in [-0.39, 0.29) is 36.9 Å². The third-order valence-corrected chi connectivity index (χ3v) is 3.02. The number of hydrogen-bond donors (Lipinski definition) is 2. The summed E-state index contributed by atoms with van der Waals surface area (Å²) in [6, 6.07) is 7.80. The quantitative estimate of drug-likeness (QED) is 0.765. The van der Waals surface area contributed by atoms with Gasteiger partial charge in [-0.15, -0.1) is 12.4 Å². The minimum absolute atomic E-state index is 0. The third kappa shape index (κ3) is 7.32. The van der Waals surface area contributed by atoms with Crippen LogP contribution in [0.3, 0.4) is 0 Å². The van der Waals surface area contributed by atoms with Gasteiger partial charge in [0.25, 0.3) is 0 Å². The molecule has 0 radical (unpaired) electrons. The fourth-order valence-corrected chi connectivity index (χ4v) is 1.75. The Labute approximate surface area is 132 Å². The first kappa shape index (κ1) is 19.7. The van der Waals surface area contributed by atoms with Gasteiger partial charge >= 0.3 is 0 Å². The van der Waals surface area contributed by atoms with Gasteiger partial charge in [-0.1, -0.05) is 18.2 Å². The van der Waals surface area contributed by atoms with Crippen molar-refractivity contribution in [3.63, 3.8) is 0 Å². The second-order valence-corrected chi connectivity index (χ2v) is 4.80. The molecule has 1 rings (SSSR count). The second-order valence-electron chi connectivity index (χ2n) is 4.80. The Hall–Kier alpha value is -1.30. The minimum Gasteiger partial charge on any atom is -0.489 e. The molecule has 1 aromatic rings. The van der Waals surface area contributed by atoms with Gasteiger partial charge in [0.1, 0.15) is 11.9 Å². The number of hydrogen-bond acceptors (Lipinski definition) is 4. The van der Waals surface area contributed by atoms with Crippen LogP contribution in [-0.4, -0.2) is 38.3 Å². The molecule has 2 unspecified atom stereocenters. The lowest BCUT2D eigenvalue weighted by Crippen LogP contribution is -2.37. The number of nitrogens with two attached hydrogens (primary N) is 1. The fraction of sp³-hybridized carbons (Fsp3) is 0.533. The van der Waals surface area contributed by atoms with Crippen molar-refractivity contribution in [1.29, 1.82) is 0 Å². The summed E-state index contributed by atoms with van der Waals surface area (Å²) >= 11 is 0. The van der Waals surface area contributed by atoms with E-state index in [0.29, 0.717) is 13.1 Å². The van der Waals surface area contributed by atoms with Gasteiger partial charge in [-0.2, -0.15) is 0 Å². The molecule has 6 heteroatoms. The number of nitrogens with one attached hydrogen (secondary N) is 1. The molecule has 5 nitrogen and oxygen atoms in total. The summed E-state index contributed by atoms with van der Waals surface area (Å²) in [5, 5.41) is 2.82. The normalized spacial score (nSPS) is 13.0. The molecule has 0 heterocycles. The number of ether oxygens (including phenoxy) is 2. The van der Waals surface area contributed by atoms with Crippen molar-refractivity contribution in [3.8, 4) is 5.75 Å². The van der Waals surface area contributed by atoms with Gasteiger partial charge in [0, 0.05) is 13.7 Å². The molecule has 0 spiro atoms. The molecule has 0 aliphatic carbocycles. The molecule has 0 aliphatic rings. The molecule has 120 valence electrons. The van der Waals surface area contributed by atoms with E-state index in [4.69, 9.17) is 15.2 Å². The minimum atomic E-state index is -0.234. The third-order valence-electron chi connectivity index (χ3n) is 3.02. The van der Waals surface area contributed by atoms with Gasteiger partial charge in [-0.3, -0.25) is 4.79 Å². The Morgan fingerprint density at radius 1 is 1.38 bits per heavy atom. The van der Waals surface area contributed by atoms with Crippen molar-refractivity contribution in [2.45, 2.75) is 32.5 Å². The lowest BCUT2D eigenvalue weighted by molar-refractivity contribution is -0.123. The predicted molar refractivity (Wildman–Crippen MR) is 86.0 cm³/mol. The van der Waals surface area contributed by atoms with Gasteiger partial charge < -0.3 is 20.5 Å². The molecule has 0 bridgehead atoms. The number of halogens is 1. The van der Waals surface area contributed by atoms with Crippen molar-refractivity contribution in [2.75, 3.05) is 20.2 Å². The van der Waals surface area contributed by atoms with E-state index in [0.717, 1.165) is 11.3 Å². The first-order chi connectivity index (χ1) is 9.56. The summed E-state index contributed by atoms with van der Waals surface area (Å²) in [6.07, 6.45) is -0.0640. The number of amides is 1. The highest BCUT2D eigenvalue weighted by Gasteiger charge is 2.13. The van der Waals surface area contributed by atoms with Crippen LogP contribution in [0.25, 0.3) is 0 Å². The highest BCUT2D eigenvalue weighted by molar-refractivity contribution is 5.85. The number of carbonyl (C=O) groups is 1. The SMILES string of the molecule is COC(CN)CC(=O)NCC(C)Oc1ccccc1C.Cl. The summed E-state index contributed by atoms with van der Waals surface area (Å²) in [7, 11) is 1.55. The van der Waals surface area contributed by atoms with Crippen LogP contribution in [0.15, 0.2) is 24.3 Å². The van der Waals surface area contributed by atoms with E-state index in [1.807, 2.05) is 38.1 Å². The Morgan fingerprint density at radius 2 is 2.05 bits per heavy atom. The maximum atomic E-state index is 11.7. The molecule has 0 fully saturated rings. The molecule has 0 saturated carbocycles. The molecular weight excluding hydrogens is 292 g/mol. The molecule has 1 aromatic carbocycles. The molecule has 21 heavy (non-hydrogen) atoms. The van der Waals surface area contributed by atoms with Crippen LogP contribution in [0.5, 0.6) is 5.75 Å². The van der Waals surface area contributed by atoms with Gasteiger partial charge in [-0.25, -0.2) is 0 Å². The monoisotopic (exact) mass is 316 g/mol. The smallest absolute Gasteiger partial charge is 0.222 e. The van der Waals surface area contributed by atoms with Crippen LogP contribution in [-0.2, 0) is 9.53 Å². The summed E-state index contributed by atoms with van der Waals surface area (Å²) in [4.78, 5) is 11.7. The highest BCUT2D eigenvalue weighted by Crippen LogP contribution is 2.17. The molecule has 0 aromatic heterocycles. The number of methoxy groups -OCH3 is 1. The summed E-state index contributed by atoms with van der Waals surface area (Å²) in [5.41, 5.74) is 6.55. The largest absolute Gasteiger partial charge is 0.489 e. The van der Waals surface area contributed by atoms with Crippen LogP contribution in [0.1, 0.15) is 18.9 Å². The summed E-state index contributed by atoms with van der Waals surface area (Å²) < 4.78 is 10.9. The molecule has 0 aliphatic heterocycles. The predicted octanol–water partition coefficient (Wildman–Crippen LogP) is 1.66. The zero-order chi connectivity index (χ0) is 15.0. The van der Waals surface area contributed by atoms with Crippen LogP contribution < -0.4 is 15.8 Å². The van der Waals surface area contributed by atoms with Crippen molar-refractivity contribution in [2.24, 2.45) is 5.73 Å². The molecular formula is C15H25ClN2O3. The van der Waals surface area contributed by atoms with Crippen molar-refractivity contribution >= 4 is 18.3 Å². The van der Waals surface area contributed by atoms with Gasteiger partial charge in [0.05, 0.1) is 19.1 Å². The number of carbonyl (C=O) groups excluding carboxylic acids is 1. The zero-order valence-corrected chi connectivity index (χ0v) is 13.6. The van der Waals surface area contributed by atoms with E-state index < -0.39 is 0 Å². The summed E-state index contributed by atoms with van der Waals surface area (Å²) in [6.45, 7) is 4.70. The van der Waals surface area contributed by atoms with Crippen molar-refractivity contribution < 1.29 is 14.3 Å². The van der Waals surface area contributed by atoms with Crippen molar-refractivity contribution in [3.05, 3.63) is 29.8 Å². The highest BCUT2D eigenvalue weighted by atomic mass is 35.5. The molecule has 2 atom stereocenters. The first-order valence-corrected chi connectivity index (χ1v) is 6.78. The Balaban J connectivity index is 0.00000400. The lowest BCUT2D eigenvalue weighted by atomic mass is 10.2. The van der Waals surface area contributed by atoms with Gasteiger partial charge in [0.15, 0.2) is 0 Å².